The zero-order valence-corrected chi connectivity index (χ0v) is 16.7. The maximum absolute atomic E-state index is 12.8. The van der Waals surface area contributed by atoms with Crippen molar-refractivity contribution in [1.29, 1.82) is 0 Å². The summed E-state index contributed by atoms with van der Waals surface area (Å²) in [6.45, 7) is 3.76. The summed E-state index contributed by atoms with van der Waals surface area (Å²) in [6, 6.07) is 10.8. The van der Waals surface area contributed by atoms with Crippen LogP contribution in [0, 0.1) is 6.92 Å². The number of ether oxygens (including phenoxy) is 1. The van der Waals surface area contributed by atoms with Crippen molar-refractivity contribution in [2.45, 2.75) is 13.3 Å². The van der Waals surface area contributed by atoms with Crippen molar-refractivity contribution in [3.05, 3.63) is 66.2 Å². The van der Waals surface area contributed by atoms with Crippen molar-refractivity contribution >= 4 is 11.7 Å². The van der Waals surface area contributed by atoms with Crippen molar-refractivity contribution in [2.75, 3.05) is 31.1 Å². The Balaban J connectivity index is 1.43. The first-order valence-electron chi connectivity index (χ1n) is 9.67. The van der Waals surface area contributed by atoms with Crippen molar-refractivity contribution in [1.82, 2.24) is 19.4 Å². The molecule has 1 saturated heterocycles. The highest BCUT2D eigenvalue weighted by atomic mass is 19.4. The zero-order chi connectivity index (χ0) is 22.0. The van der Waals surface area contributed by atoms with E-state index in [-0.39, 0.29) is 11.5 Å². The summed E-state index contributed by atoms with van der Waals surface area (Å²) in [5.41, 5.74) is 0.156. The van der Waals surface area contributed by atoms with Crippen LogP contribution in [0.3, 0.4) is 0 Å². The van der Waals surface area contributed by atoms with E-state index in [1.165, 1.54) is 18.2 Å². The van der Waals surface area contributed by atoms with Gasteiger partial charge in [-0.15, -0.1) is 13.2 Å². The number of aromatic nitrogens is 3. The van der Waals surface area contributed by atoms with Gasteiger partial charge in [0.2, 0.25) is 0 Å². The lowest BCUT2D eigenvalue weighted by molar-refractivity contribution is -0.274. The fourth-order valence-electron chi connectivity index (χ4n) is 3.47. The van der Waals surface area contributed by atoms with Crippen LogP contribution in [-0.4, -0.2) is 57.9 Å². The largest absolute Gasteiger partial charge is 0.573 e. The molecule has 1 amide bonds. The number of benzene rings is 1. The van der Waals surface area contributed by atoms with Gasteiger partial charge >= 0.3 is 6.36 Å². The number of rotatable bonds is 4. The monoisotopic (exact) mass is 431 g/mol. The molecule has 1 fully saturated rings. The van der Waals surface area contributed by atoms with Gasteiger partial charge in [0.05, 0.1) is 0 Å². The van der Waals surface area contributed by atoms with Crippen molar-refractivity contribution in [3.8, 4) is 11.6 Å². The number of nitrogens with zero attached hydrogens (tertiary/aromatic N) is 5. The Morgan fingerprint density at radius 3 is 2.32 bits per heavy atom. The van der Waals surface area contributed by atoms with Crippen LogP contribution in [-0.2, 0) is 0 Å². The Hall–Kier alpha value is -3.56. The van der Waals surface area contributed by atoms with Gasteiger partial charge in [0.1, 0.15) is 23.2 Å². The summed E-state index contributed by atoms with van der Waals surface area (Å²) >= 11 is 0. The average molecular weight is 431 g/mol. The number of hydrogen-bond donors (Lipinski definition) is 0. The molecule has 0 radical (unpaired) electrons. The minimum absolute atomic E-state index is 0.156. The Morgan fingerprint density at radius 1 is 0.968 bits per heavy atom. The third-order valence-electron chi connectivity index (χ3n) is 4.89. The second kappa shape index (κ2) is 8.29. The first-order chi connectivity index (χ1) is 14.8. The molecule has 7 nitrogen and oxygen atoms in total. The first kappa shape index (κ1) is 20.7. The molecule has 0 atom stereocenters. The van der Waals surface area contributed by atoms with Gasteiger partial charge in [-0.25, -0.2) is 9.97 Å². The average Bonchev–Trinajstić information content (AvgIpc) is 3.27. The molecule has 0 unspecified atom stereocenters. The highest BCUT2D eigenvalue weighted by Gasteiger charge is 2.31. The van der Waals surface area contributed by atoms with E-state index in [0.717, 1.165) is 17.7 Å². The molecule has 1 aromatic carbocycles. The topological polar surface area (TPSA) is 63.5 Å². The molecule has 1 aliphatic rings. The van der Waals surface area contributed by atoms with Gasteiger partial charge in [0.15, 0.2) is 0 Å². The number of aryl methyl sites for hydroxylation is 1. The third-order valence-corrected chi connectivity index (χ3v) is 4.89. The lowest BCUT2D eigenvalue weighted by Crippen LogP contribution is -2.49. The Labute approximate surface area is 176 Å². The Morgan fingerprint density at radius 2 is 1.65 bits per heavy atom. The third kappa shape index (κ3) is 4.96. The SMILES string of the molecule is Cc1nc(N2CCN(C(=O)c3cccc(OC(F)(F)F)c3)CC2)cc(-n2cccc2)n1. The maximum Gasteiger partial charge on any atom is 0.573 e. The highest BCUT2D eigenvalue weighted by molar-refractivity contribution is 5.94. The summed E-state index contributed by atoms with van der Waals surface area (Å²) in [6.07, 6.45) is -1.000. The van der Waals surface area contributed by atoms with Gasteiger partial charge in [0.25, 0.3) is 5.91 Å². The summed E-state index contributed by atoms with van der Waals surface area (Å²) in [7, 11) is 0. The van der Waals surface area contributed by atoms with Crippen molar-refractivity contribution in [2.24, 2.45) is 0 Å². The van der Waals surface area contributed by atoms with Crippen LogP contribution in [0.15, 0.2) is 54.9 Å². The molecule has 2 aromatic heterocycles. The van der Waals surface area contributed by atoms with E-state index in [0.29, 0.717) is 32.0 Å². The Bertz CT molecular complexity index is 1060. The number of hydrogen-bond acceptors (Lipinski definition) is 5. The molecule has 10 heteroatoms. The number of anilines is 1. The van der Waals surface area contributed by atoms with Crippen LogP contribution in [0.1, 0.15) is 16.2 Å². The fraction of sp³-hybridized carbons (Fsp3) is 0.286. The number of alkyl halides is 3. The van der Waals surface area contributed by atoms with E-state index in [4.69, 9.17) is 0 Å². The predicted molar refractivity (Wildman–Crippen MR) is 107 cm³/mol. The van der Waals surface area contributed by atoms with Gasteiger partial charge in [-0.1, -0.05) is 6.07 Å². The van der Waals surface area contributed by atoms with E-state index >= 15 is 0 Å². The fourth-order valence-corrected chi connectivity index (χ4v) is 3.47. The van der Waals surface area contributed by atoms with E-state index in [1.54, 1.807) is 4.90 Å². The maximum atomic E-state index is 12.8. The summed E-state index contributed by atoms with van der Waals surface area (Å²) in [5, 5.41) is 0. The lowest BCUT2D eigenvalue weighted by Gasteiger charge is -2.35. The van der Waals surface area contributed by atoms with Crippen molar-refractivity contribution in [3.63, 3.8) is 0 Å². The molecular weight excluding hydrogens is 411 g/mol. The van der Waals surface area contributed by atoms with Gasteiger partial charge in [-0.3, -0.25) is 4.79 Å². The van der Waals surface area contributed by atoms with E-state index in [2.05, 4.69) is 19.6 Å². The summed E-state index contributed by atoms with van der Waals surface area (Å²) < 4.78 is 43.1. The van der Waals surface area contributed by atoms with Gasteiger partial charge < -0.3 is 19.1 Å². The van der Waals surface area contributed by atoms with Crippen molar-refractivity contribution < 1.29 is 22.7 Å². The molecule has 3 heterocycles. The second-order valence-electron chi connectivity index (χ2n) is 7.08. The summed E-state index contributed by atoms with van der Waals surface area (Å²) in [5.74, 6) is 1.42. The zero-order valence-electron chi connectivity index (χ0n) is 16.7. The van der Waals surface area contributed by atoms with Crippen LogP contribution in [0.4, 0.5) is 19.0 Å². The Kier molecular flexibility index (Phi) is 5.53. The molecule has 162 valence electrons. The van der Waals surface area contributed by atoms with Gasteiger partial charge in [0, 0.05) is 50.2 Å². The number of carbonyl (C=O) groups is 1. The first-order valence-corrected chi connectivity index (χ1v) is 9.67. The number of amides is 1. The lowest BCUT2D eigenvalue weighted by atomic mass is 10.1. The van der Waals surface area contributed by atoms with Crippen LogP contribution < -0.4 is 9.64 Å². The standard InChI is InChI=1S/C21H20F3N5O2/c1-15-25-18(27-7-2-3-8-27)14-19(26-15)28-9-11-29(12-10-28)20(30)16-5-4-6-17(13-16)31-21(22,23)24/h2-8,13-14H,9-12H2,1H3. The number of piperazine rings is 1. The number of carbonyl (C=O) groups excluding carboxylic acids is 1. The van der Waals surface area contributed by atoms with E-state index < -0.39 is 12.1 Å². The second-order valence-corrected chi connectivity index (χ2v) is 7.08. The quantitative estimate of drug-likeness (QED) is 0.633. The smallest absolute Gasteiger partial charge is 0.406 e. The van der Waals surface area contributed by atoms with Gasteiger partial charge in [-0.05, 0) is 37.3 Å². The van der Waals surface area contributed by atoms with Crippen LogP contribution in [0.2, 0.25) is 0 Å². The molecule has 1 aliphatic heterocycles. The van der Waals surface area contributed by atoms with Crippen LogP contribution in [0.5, 0.6) is 5.75 Å². The molecular formula is C21H20F3N5O2. The molecule has 0 N–H and O–H groups in total. The molecule has 0 bridgehead atoms. The predicted octanol–water partition coefficient (Wildman–Crippen LogP) is 3.44. The molecule has 0 spiro atoms. The van der Waals surface area contributed by atoms with E-state index in [1.807, 2.05) is 42.1 Å². The molecule has 0 aliphatic carbocycles. The number of halogens is 3. The molecule has 3 aromatic rings. The molecule has 0 saturated carbocycles. The normalized spacial score (nSPS) is 14.6. The minimum atomic E-state index is -4.80. The molecule has 31 heavy (non-hydrogen) atoms. The van der Waals surface area contributed by atoms with Crippen LogP contribution >= 0.6 is 0 Å². The highest BCUT2D eigenvalue weighted by Crippen LogP contribution is 2.24. The summed E-state index contributed by atoms with van der Waals surface area (Å²) in [4.78, 5) is 25.4. The molecule has 4 rings (SSSR count). The van der Waals surface area contributed by atoms with Crippen LogP contribution in [0.25, 0.3) is 5.82 Å². The minimum Gasteiger partial charge on any atom is -0.406 e. The van der Waals surface area contributed by atoms with Gasteiger partial charge in [-0.2, -0.15) is 0 Å². The van der Waals surface area contributed by atoms with E-state index in [9.17, 15) is 18.0 Å².